The molecule has 92 valence electrons. The van der Waals surface area contributed by atoms with Crippen LogP contribution in [0.1, 0.15) is 19.3 Å². The number of likely N-dealkylation sites (tertiary alicyclic amines) is 1. The van der Waals surface area contributed by atoms with Gasteiger partial charge in [-0.15, -0.1) is 0 Å². The summed E-state index contributed by atoms with van der Waals surface area (Å²) in [7, 11) is 0. The monoisotopic (exact) mass is 238 g/mol. The number of aliphatic carboxylic acids is 1. The fraction of sp³-hybridized carbons (Fsp3) is 0.545. The fourth-order valence-electron chi connectivity index (χ4n) is 2.54. The van der Waals surface area contributed by atoms with Crippen molar-refractivity contribution in [1.29, 1.82) is 0 Å². The lowest BCUT2D eigenvalue weighted by molar-refractivity contribution is -0.131. The van der Waals surface area contributed by atoms with E-state index >= 15 is 0 Å². The molecule has 1 saturated heterocycles. The van der Waals surface area contributed by atoms with Crippen LogP contribution in [0.15, 0.2) is 12.2 Å². The number of carboxylic acid groups (broad SMARTS) is 1. The minimum atomic E-state index is -1.21. The highest BCUT2D eigenvalue weighted by Gasteiger charge is 2.40. The molecule has 0 spiro atoms. The SMILES string of the molecule is O=C(O)C=CC(=O)NC(=O)N1CC2CCC1C2. The molecule has 0 aromatic carbocycles. The van der Waals surface area contributed by atoms with E-state index in [4.69, 9.17) is 5.11 Å². The third-order valence-corrected chi connectivity index (χ3v) is 3.28. The van der Waals surface area contributed by atoms with Crippen molar-refractivity contribution >= 4 is 17.9 Å². The van der Waals surface area contributed by atoms with Gasteiger partial charge >= 0.3 is 12.0 Å². The molecule has 17 heavy (non-hydrogen) atoms. The summed E-state index contributed by atoms with van der Waals surface area (Å²) >= 11 is 0. The fourth-order valence-corrected chi connectivity index (χ4v) is 2.54. The van der Waals surface area contributed by atoms with Crippen molar-refractivity contribution in [3.05, 3.63) is 12.2 Å². The quantitative estimate of drug-likeness (QED) is 0.679. The van der Waals surface area contributed by atoms with Crippen LogP contribution in [0.3, 0.4) is 0 Å². The van der Waals surface area contributed by atoms with E-state index < -0.39 is 17.9 Å². The van der Waals surface area contributed by atoms with Crippen LogP contribution in [0, 0.1) is 5.92 Å². The first-order valence-electron chi connectivity index (χ1n) is 5.59. The zero-order chi connectivity index (χ0) is 12.4. The standard InChI is InChI=1S/C11H14N2O4/c14-9(3-4-10(15)16)12-11(17)13-6-7-1-2-8(13)5-7/h3-4,7-8H,1-2,5-6H2,(H,15,16)(H,12,14,17). The predicted octanol–water partition coefficient (Wildman–Crippen LogP) is 0.348. The Morgan fingerprint density at radius 3 is 2.53 bits per heavy atom. The van der Waals surface area contributed by atoms with Crippen LogP contribution in [0.5, 0.6) is 0 Å². The summed E-state index contributed by atoms with van der Waals surface area (Å²) in [6, 6.07) is -0.173. The van der Waals surface area contributed by atoms with E-state index in [0.29, 0.717) is 18.5 Å². The van der Waals surface area contributed by atoms with Crippen molar-refractivity contribution in [2.24, 2.45) is 5.92 Å². The Labute approximate surface area is 98.3 Å². The largest absolute Gasteiger partial charge is 0.478 e. The van der Waals surface area contributed by atoms with Crippen LogP contribution in [-0.2, 0) is 9.59 Å². The van der Waals surface area contributed by atoms with Crippen LogP contribution in [0.25, 0.3) is 0 Å². The lowest BCUT2D eigenvalue weighted by Crippen LogP contribution is -2.46. The van der Waals surface area contributed by atoms with Gasteiger partial charge in [-0.3, -0.25) is 10.1 Å². The summed E-state index contributed by atoms with van der Waals surface area (Å²) in [4.78, 5) is 34.8. The molecular formula is C11H14N2O4. The Bertz CT molecular complexity index is 391. The number of carbonyl (C=O) groups is 3. The van der Waals surface area contributed by atoms with Crippen molar-refractivity contribution in [2.75, 3.05) is 6.54 Å². The normalized spacial score (nSPS) is 26.5. The van der Waals surface area contributed by atoms with Gasteiger partial charge in [-0.1, -0.05) is 0 Å². The van der Waals surface area contributed by atoms with Crippen molar-refractivity contribution in [2.45, 2.75) is 25.3 Å². The van der Waals surface area contributed by atoms with Crippen LogP contribution >= 0.6 is 0 Å². The number of hydrogen-bond donors (Lipinski definition) is 2. The molecule has 1 heterocycles. The van der Waals surface area contributed by atoms with E-state index in [-0.39, 0.29) is 6.04 Å². The maximum Gasteiger partial charge on any atom is 0.328 e. The molecule has 6 heteroatoms. The number of urea groups is 1. The van der Waals surface area contributed by atoms with E-state index in [9.17, 15) is 14.4 Å². The number of nitrogens with zero attached hydrogens (tertiary/aromatic N) is 1. The molecule has 2 N–H and O–H groups in total. The second-order valence-corrected chi connectivity index (χ2v) is 4.45. The molecule has 1 saturated carbocycles. The zero-order valence-electron chi connectivity index (χ0n) is 9.26. The van der Waals surface area contributed by atoms with Crippen LogP contribution < -0.4 is 5.32 Å². The molecule has 1 aliphatic carbocycles. The second-order valence-electron chi connectivity index (χ2n) is 4.45. The molecule has 3 amide bonds. The molecular weight excluding hydrogens is 224 g/mol. The first-order chi connectivity index (χ1) is 8.06. The molecule has 2 rings (SSSR count). The number of rotatable bonds is 2. The Morgan fingerprint density at radius 2 is 2.00 bits per heavy atom. The molecule has 0 aromatic rings. The average Bonchev–Trinajstić information content (AvgIpc) is 2.87. The minimum absolute atomic E-state index is 0.247. The summed E-state index contributed by atoms with van der Waals surface area (Å²) in [5, 5.41) is 10.5. The Kier molecular flexibility index (Phi) is 3.12. The number of hydrogen-bond acceptors (Lipinski definition) is 3. The highest BCUT2D eigenvalue weighted by Crippen LogP contribution is 2.37. The summed E-state index contributed by atoms with van der Waals surface area (Å²) in [6.45, 7) is 0.701. The number of amides is 3. The van der Waals surface area contributed by atoms with Crippen molar-refractivity contribution in [3.63, 3.8) is 0 Å². The predicted molar refractivity (Wildman–Crippen MR) is 58.1 cm³/mol. The smallest absolute Gasteiger partial charge is 0.328 e. The van der Waals surface area contributed by atoms with Gasteiger partial charge < -0.3 is 10.0 Å². The molecule has 1 aliphatic heterocycles. The number of carbonyl (C=O) groups excluding carboxylic acids is 2. The minimum Gasteiger partial charge on any atom is -0.478 e. The van der Waals surface area contributed by atoms with Crippen LogP contribution in [0.4, 0.5) is 4.79 Å². The van der Waals surface area contributed by atoms with Crippen molar-refractivity contribution in [3.8, 4) is 0 Å². The van der Waals surface area contributed by atoms with Crippen LogP contribution in [0.2, 0.25) is 0 Å². The van der Waals surface area contributed by atoms with E-state index in [1.807, 2.05) is 0 Å². The molecule has 0 radical (unpaired) electrons. The lowest BCUT2D eigenvalue weighted by Gasteiger charge is -2.26. The van der Waals surface area contributed by atoms with E-state index in [1.165, 1.54) is 0 Å². The molecule has 2 fully saturated rings. The topological polar surface area (TPSA) is 86.7 Å². The number of carboxylic acids is 1. The first-order valence-corrected chi connectivity index (χ1v) is 5.59. The molecule has 6 nitrogen and oxygen atoms in total. The van der Waals surface area contributed by atoms with E-state index in [1.54, 1.807) is 4.90 Å². The van der Waals surface area contributed by atoms with Gasteiger partial charge in [-0.05, 0) is 25.2 Å². The molecule has 2 unspecified atom stereocenters. The molecule has 2 bridgehead atoms. The van der Waals surface area contributed by atoms with Gasteiger partial charge in [-0.25, -0.2) is 9.59 Å². The van der Waals surface area contributed by atoms with Gasteiger partial charge in [0.25, 0.3) is 5.91 Å². The molecule has 2 aliphatic rings. The maximum absolute atomic E-state index is 11.7. The van der Waals surface area contributed by atoms with Crippen molar-refractivity contribution in [1.82, 2.24) is 10.2 Å². The average molecular weight is 238 g/mol. The Morgan fingerprint density at radius 1 is 1.24 bits per heavy atom. The summed E-state index contributed by atoms with van der Waals surface area (Å²) in [5.74, 6) is -1.34. The maximum atomic E-state index is 11.7. The van der Waals surface area contributed by atoms with Gasteiger partial charge in [-0.2, -0.15) is 0 Å². The zero-order valence-corrected chi connectivity index (χ0v) is 9.26. The molecule has 2 atom stereocenters. The highest BCUT2D eigenvalue weighted by atomic mass is 16.4. The Balaban J connectivity index is 1.85. The van der Waals surface area contributed by atoms with Gasteiger partial charge in [0.2, 0.25) is 0 Å². The summed E-state index contributed by atoms with van der Waals surface area (Å²) < 4.78 is 0. The Hall–Kier alpha value is -1.85. The van der Waals surface area contributed by atoms with Gasteiger partial charge in [0.05, 0.1) is 0 Å². The van der Waals surface area contributed by atoms with Gasteiger partial charge in [0.1, 0.15) is 0 Å². The van der Waals surface area contributed by atoms with Crippen molar-refractivity contribution < 1.29 is 19.5 Å². The van der Waals surface area contributed by atoms with E-state index in [2.05, 4.69) is 5.32 Å². The van der Waals surface area contributed by atoms with Gasteiger partial charge in [0, 0.05) is 24.7 Å². The second kappa shape index (κ2) is 4.57. The number of fused-ring (bicyclic) bond motifs is 2. The van der Waals surface area contributed by atoms with Gasteiger partial charge in [0.15, 0.2) is 0 Å². The summed E-state index contributed by atoms with van der Waals surface area (Å²) in [5.41, 5.74) is 0. The van der Waals surface area contributed by atoms with E-state index in [0.717, 1.165) is 25.3 Å². The number of imide groups is 1. The van der Waals surface area contributed by atoms with Crippen LogP contribution in [-0.4, -0.2) is 40.5 Å². The molecule has 0 aromatic heterocycles. The number of nitrogens with one attached hydrogen (secondary N) is 1. The summed E-state index contributed by atoms with van der Waals surface area (Å²) in [6.07, 6.45) is 4.72. The third-order valence-electron chi connectivity index (χ3n) is 3.28. The lowest BCUT2D eigenvalue weighted by atomic mass is 10.1. The number of piperidine rings is 1. The first kappa shape index (κ1) is 11.6. The highest BCUT2D eigenvalue weighted by molar-refractivity contribution is 6.02. The third kappa shape index (κ3) is 2.64.